The molecule has 0 aromatic heterocycles. The molecule has 1 saturated heterocycles. The molecule has 0 saturated carbocycles. The van der Waals surface area contributed by atoms with Gasteiger partial charge in [-0.1, -0.05) is 0 Å². The van der Waals surface area contributed by atoms with Crippen molar-refractivity contribution < 1.29 is 9.53 Å². The molecule has 102 valence electrons. The number of amides is 1. The number of fused-ring (bicyclic) bond motifs is 1. The summed E-state index contributed by atoms with van der Waals surface area (Å²) in [5.41, 5.74) is 7.61. The Morgan fingerprint density at radius 2 is 2.11 bits per heavy atom. The third kappa shape index (κ3) is 2.32. The molecular formula is C14H18N2O2S. The highest BCUT2D eigenvalue weighted by Gasteiger charge is 2.35. The minimum absolute atomic E-state index is 0.0443. The van der Waals surface area contributed by atoms with Crippen LogP contribution in [-0.2, 0) is 9.53 Å². The molecule has 5 heteroatoms. The summed E-state index contributed by atoms with van der Waals surface area (Å²) >= 11 is 1.60. The molecule has 1 aromatic carbocycles. The van der Waals surface area contributed by atoms with Crippen molar-refractivity contribution in [3.8, 4) is 0 Å². The fraction of sp³-hybridized carbons (Fsp3) is 0.500. The zero-order chi connectivity index (χ0) is 13.4. The van der Waals surface area contributed by atoms with Gasteiger partial charge >= 0.3 is 0 Å². The first-order valence-corrected chi connectivity index (χ1v) is 7.52. The van der Waals surface area contributed by atoms with Gasteiger partial charge in [0.05, 0.1) is 10.9 Å². The third-order valence-electron chi connectivity index (χ3n) is 3.69. The van der Waals surface area contributed by atoms with Gasteiger partial charge in [-0.15, -0.1) is 11.8 Å². The lowest BCUT2D eigenvalue weighted by atomic mass is 10.0. The highest BCUT2D eigenvalue weighted by atomic mass is 32.2. The summed E-state index contributed by atoms with van der Waals surface area (Å²) in [7, 11) is 0. The largest absolute Gasteiger partial charge is 0.399 e. The molecule has 3 rings (SSSR count). The van der Waals surface area contributed by atoms with E-state index in [0.717, 1.165) is 42.3 Å². The molecule has 1 fully saturated rings. The molecule has 2 aliphatic heterocycles. The summed E-state index contributed by atoms with van der Waals surface area (Å²) in [6.45, 7) is 3.44. The van der Waals surface area contributed by atoms with E-state index in [0.29, 0.717) is 0 Å². The normalized spacial score (nSPS) is 24.4. The first kappa shape index (κ1) is 12.8. The third-order valence-corrected chi connectivity index (χ3v) is 4.82. The standard InChI is InChI=1S/C14H18N2O2S/c1-9-14(17)16(11-4-6-18-7-5-11)12-3-2-10(15)8-13(12)19-9/h2-3,8-9,11H,4-7,15H2,1H3. The summed E-state index contributed by atoms with van der Waals surface area (Å²) in [5.74, 6) is 0.203. The summed E-state index contributed by atoms with van der Waals surface area (Å²) in [6, 6.07) is 6.06. The maximum atomic E-state index is 12.5. The minimum atomic E-state index is -0.0443. The zero-order valence-electron chi connectivity index (χ0n) is 11.0. The van der Waals surface area contributed by atoms with Crippen LogP contribution in [0, 0.1) is 0 Å². The van der Waals surface area contributed by atoms with E-state index < -0.39 is 0 Å². The number of ether oxygens (including phenoxy) is 1. The summed E-state index contributed by atoms with van der Waals surface area (Å²) in [6.07, 6.45) is 1.82. The van der Waals surface area contributed by atoms with Gasteiger partial charge in [-0.2, -0.15) is 0 Å². The van der Waals surface area contributed by atoms with Crippen LogP contribution in [-0.4, -0.2) is 30.4 Å². The maximum Gasteiger partial charge on any atom is 0.240 e. The second-order valence-corrected chi connectivity index (χ2v) is 6.42. The number of hydrogen-bond acceptors (Lipinski definition) is 4. The lowest BCUT2D eigenvalue weighted by molar-refractivity contribution is -0.118. The SMILES string of the molecule is CC1Sc2cc(N)ccc2N(C2CCOCC2)C1=O. The van der Waals surface area contributed by atoms with Crippen molar-refractivity contribution in [2.24, 2.45) is 0 Å². The Bertz CT molecular complexity index is 500. The van der Waals surface area contributed by atoms with E-state index in [-0.39, 0.29) is 17.2 Å². The topological polar surface area (TPSA) is 55.6 Å². The average Bonchev–Trinajstić information content (AvgIpc) is 2.41. The number of anilines is 2. The van der Waals surface area contributed by atoms with Gasteiger partial charge in [0.15, 0.2) is 0 Å². The lowest BCUT2D eigenvalue weighted by Gasteiger charge is -2.39. The molecule has 1 atom stereocenters. The molecule has 4 nitrogen and oxygen atoms in total. The molecule has 1 amide bonds. The van der Waals surface area contributed by atoms with Crippen LogP contribution in [0.15, 0.2) is 23.1 Å². The minimum Gasteiger partial charge on any atom is -0.399 e. The summed E-state index contributed by atoms with van der Waals surface area (Å²) in [5, 5.41) is -0.0443. The molecule has 0 radical (unpaired) electrons. The Kier molecular flexibility index (Phi) is 3.41. The number of thioether (sulfide) groups is 1. The molecule has 2 N–H and O–H groups in total. The van der Waals surface area contributed by atoms with Crippen molar-refractivity contribution in [1.82, 2.24) is 0 Å². The zero-order valence-corrected chi connectivity index (χ0v) is 11.8. The Labute approximate surface area is 117 Å². The second-order valence-electron chi connectivity index (χ2n) is 5.04. The number of benzene rings is 1. The molecular weight excluding hydrogens is 260 g/mol. The van der Waals surface area contributed by atoms with Crippen LogP contribution in [0.5, 0.6) is 0 Å². The van der Waals surface area contributed by atoms with E-state index in [4.69, 9.17) is 10.5 Å². The van der Waals surface area contributed by atoms with Gasteiger partial charge in [0.1, 0.15) is 0 Å². The fourth-order valence-electron chi connectivity index (χ4n) is 2.70. The molecule has 0 bridgehead atoms. The van der Waals surface area contributed by atoms with Crippen molar-refractivity contribution in [2.45, 2.75) is 36.0 Å². The Balaban J connectivity index is 1.99. The lowest BCUT2D eigenvalue weighted by Crippen LogP contribution is -2.48. The van der Waals surface area contributed by atoms with Crippen molar-refractivity contribution in [3.05, 3.63) is 18.2 Å². The van der Waals surface area contributed by atoms with E-state index in [2.05, 4.69) is 0 Å². The number of nitrogens with zero attached hydrogens (tertiary/aromatic N) is 1. The summed E-state index contributed by atoms with van der Waals surface area (Å²) < 4.78 is 5.40. The highest BCUT2D eigenvalue weighted by molar-refractivity contribution is 8.01. The fourth-order valence-corrected chi connectivity index (χ4v) is 3.79. The maximum absolute atomic E-state index is 12.5. The van der Waals surface area contributed by atoms with Crippen LogP contribution in [0.3, 0.4) is 0 Å². The molecule has 1 unspecified atom stereocenters. The first-order chi connectivity index (χ1) is 9.16. The Morgan fingerprint density at radius 1 is 1.37 bits per heavy atom. The van der Waals surface area contributed by atoms with E-state index >= 15 is 0 Å². The predicted octanol–water partition coefficient (Wildman–Crippen LogP) is 2.28. The van der Waals surface area contributed by atoms with Crippen molar-refractivity contribution in [2.75, 3.05) is 23.8 Å². The Hall–Kier alpha value is -1.20. The van der Waals surface area contributed by atoms with Crippen LogP contribution in [0.1, 0.15) is 19.8 Å². The van der Waals surface area contributed by atoms with Crippen LogP contribution in [0.4, 0.5) is 11.4 Å². The quantitative estimate of drug-likeness (QED) is 0.801. The van der Waals surface area contributed by atoms with Crippen LogP contribution >= 0.6 is 11.8 Å². The molecule has 0 aliphatic carbocycles. The number of rotatable bonds is 1. The van der Waals surface area contributed by atoms with Gasteiger partial charge in [0.25, 0.3) is 0 Å². The highest BCUT2D eigenvalue weighted by Crippen LogP contribution is 2.42. The van der Waals surface area contributed by atoms with Crippen LogP contribution in [0.2, 0.25) is 0 Å². The van der Waals surface area contributed by atoms with Gasteiger partial charge in [-0.3, -0.25) is 4.79 Å². The van der Waals surface area contributed by atoms with Crippen molar-refractivity contribution in [1.29, 1.82) is 0 Å². The molecule has 2 heterocycles. The number of hydrogen-bond donors (Lipinski definition) is 1. The number of nitrogen functional groups attached to an aromatic ring is 1. The predicted molar refractivity (Wildman–Crippen MR) is 77.5 cm³/mol. The molecule has 0 spiro atoms. The van der Waals surface area contributed by atoms with Crippen LogP contribution in [0.25, 0.3) is 0 Å². The number of carbonyl (C=O) groups is 1. The smallest absolute Gasteiger partial charge is 0.240 e. The molecule has 19 heavy (non-hydrogen) atoms. The van der Waals surface area contributed by atoms with Gasteiger partial charge in [0, 0.05) is 29.8 Å². The van der Waals surface area contributed by atoms with E-state index in [1.807, 2.05) is 30.0 Å². The Morgan fingerprint density at radius 3 is 2.84 bits per heavy atom. The van der Waals surface area contributed by atoms with E-state index in [9.17, 15) is 4.79 Å². The summed E-state index contributed by atoms with van der Waals surface area (Å²) in [4.78, 5) is 15.6. The molecule has 2 aliphatic rings. The first-order valence-electron chi connectivity index (χ1n) is 6.64. The monoisotopic (exact) mass is 278 g/mol. The molecule has 1 aromatic rings. The van der Waals surface area contributed by atoms with E-state index in [1.54, 1.807) is 11.8 Å². The van der Waals surface area contributed by atoms with Crippen molar-refractivity contribution in [3.63, 3.8) is 0 Å². The van der Waals surface area contributed by atoms with Crippen molar-refractivity contribution >= 4 is 29.0 Å². The van der Waals surface area contributed by atoms with Gasteiger partial charge in [0.2, 0.25) is 5.91 Å². The van der Waals surface area contributed by atoms with Gasteiger partial charge < -0.3 is 15.4 Å². The second kappa shape index (κ2) is 5.06. The number of carbonyl (C=O) groups excluding carboxylic acids is 1. The number of nitrogens with two attached hydrogens (primary N) is 1. The van der Waals surface area contributed by atoms with Crippen LogP contribution < -0.4 is 10.6 Å². The average molecular weight is 278 g/mol. The van der Waals surface area contributed by atoms with E-state index in [1.165, 1.54) is 0 Å². The van der Waals surface area contributed by atoms with Gasteiger partial charge in [-0.05, 0) is 38.0 Å². The van der Waals surface area contributed by atoms with Gasteiger partial charge in [-0.25, -0.2) is 0 Å².